The van der Waals surface area contributed by atoms with Crippen molar-refractivity contribution >= 4 is 44.1 Å². The first-order valence-corrected chi connectivity index (χ1v) is 10.5. The standard InChI is InChI=1S/C24H13F3N2O3S/c25-13-7-5-12(6-8-13)21(30)19-20(15-3-1-2-4-16(15)27)29(23(32)22(19)31)24-28-17-10-9-14(26)11-18(17)33-24/h1-11,20,30H. The molecular weight excluding hydrogens is 453 g/mol. The maximum Gasteiger partial charge on any atom is 0.301 e. The van der Waals surface area contributed by atoms with Crippen molar-refractivity contribution in [2.75, 3.05) is 4.90 Å². The molecule has 1 N–H and O–H groups in total. The van der Waals surface area contributed by atoms with Gasteiger partial charge in [-0.1, -0.05) is 29.5 Å². The second-order valence-corrected chi connectivity index (χ2v) is 8.32. The number of thiazole rings is 1. The minimum atomic E-state index is -1.33. The summed E-state index contributed by atoms with van der Waals surface area (Å²) in [6, 6.07) is 12.8. The van der Waals surface area contributed by atoms with Crippen molar-refractivity contribution in [1.29, 1.82) is 0 Å². The van der Waals surface area contributed by atoms with Crippen molar-refractivity contribution in [3.05, 3.63) is 101 Å². The third kappa shape index (κ3) is 3.46. The Labute approximate surface area is 189 Å². The molecule has 1 saturated heterocycles. The van der Waals surface area contributed by atoms with E-state index in [1.54, 1.807) is 0 Å². The molecule has 1 aliphatic heterocycles. The van der Waals surface area contributed by atoms with Crippen molar-refractivity contribution in [2.45, 2.75) is 6.04 Å². The van der Waals surface area contributed by atoms with Crippen molar-refractivity contribution in [1.82, 2.24) is 4.98 Å². The van der Waals surface area contributed by atoms with Crippen LogP contribution in [0.4, 0.5) is 18.3 Å². The minimum absolute atomic E-state index is 0.0363. The lowest BCUT2D eigenvalue weighted by Gasteiger charge is -2.23. The van der Waals surface area contributed by atoms with Crippen molar-refractivity contribution in [3.63, 3.8) is 0 Å². The summed E-state index contributed by atoms with van der Waals surface area (Å²) < 4.78 is 42.3. The van der Waals surface area contributed by atoms with E-state index < -0.39 is 40.9 Å². The van der Waals surface area contributed by atoms with Gasteiger partial charge in [0.25, 0.3) is 5.78 Å². The summed E-state index contributed by atoms with van der Waals surface area (Å²) in [5.41, 5.74) is 0.0826. The number of fused-ring (bicyclic) bond motifs is 1. The number of amides is 1. The molecule has 5 nitrogen and oxygen atoms in total. The van der Waals surface area contributed by atoms with Gasteiger partial charge in [0.05, 0.1) is 15.8 Å². The fraction of sp³-hybridized carbons (Fsp3) is 0.0417. The number of aliphatic hydroxyl groups is 1. The van der Waals surface area contributed by atoms with Gasteiger partial charge in [-0.3, -0.25) is 14.5 Å². The van der Waals surface area contributed by atoms with Crippen LogP contribution < -0.4 is 4.90 Å². The summed E-state index contributed by atoms with van der Waals surface area (Å²) in [5, 5.41) is 11.0. The highest BCUT2D eigenvalue weighted by Gasteiger charge is 2.49. The average molecular weight is 466 g/mol. The van der Waals surface area contributed by atoms with Gasteiger partial charge in [0, 0.05) is 11.1 Å². The molecule has 1 unspecified atom stereocenters. The largest absolute Gasteiger partial charge is 0.507 e. The Kier molecular flexibility index (Phi) is 4.98. The fourth-order valence-corrected chi connectivity index (χ4v) is 4.79. The number of ketones is 1. The van der Waals surface area contributed by atoms with Crippen LogP contribution in [-0.2, 0) is 9.59 Å². The van der Waals surface area contributed by atoms with Gasteiger partial charge in [0.2, 0.25) is 0 Å². The second-order valence-electron chi connectivity index (χ2n) is 7.31. The molecule has 1 amide bonds. The Morgan fingerprint density at radius 1 is 0.939 bits per heavy atom. The molecule has 5 rings (SSSR count). The molecule has 9 heteroatoms. The molecule has 1 aliphatic rings. The SMILES string of the molecule is O=C1C(=O)N(c2nc3ccc(F)cc3s2)C(c2ccccc2F)C1=C(O)c1ccc(F)cc1. The van der Waals surface area contributed by atoms with Gasteiger partial charge in [-0.05, 0) is 48.5 Å². The molecule has 1 aromatic heterocycles. The molecular formula is C24H13F3N2O3S. The molecule has 2 heterocycles. The third-order valence-electron chi connectivity index (χ3n) is 5.31. The smallest absolute Gasteiger partial charge is 0.301 e. The van der Waals surface area contributed by atoms with E-state index in [0.717, 1.165) is 28.4 Å². The minimum Gasteiger partial charge on any atom is -0.507 e. The highest BCUT2D eigenvalue weighted by Crippen LogP contribution is 2.44. The molecule has 0 bridgehead atoms. The van der Waals surface area contributed by atoms with Crippen molar-refractivity contribution in [3.8, 4) is 0 Å². The van der Waals surface area contributed by atoms with E-state index in [1.165, 1.54) is 54.6 Å². The summed E-state index contributed by atoms with van der Waals surface area (Å²) >= 11 is 0.956. The van der Waals surface area contributed by atoms with E-state index in [4.69, 9.17) is 0 Å². The highest BCUT2D eigenvalue weighted by molar-refractivity contribution is 7.22. The lowest BCUT2D eigenvalue weighted by molar-refractivity contribution is -0.132. The van der Waals surface area contributed by atoms with Crippen molar-refractivity contribution < 1.29 is 27.9 Å². The zero-order valence-corrected chi connectivity index (χ0v) is 17.4. The summed E-state index contributed by atoms with van der Waals surface area (Å²) in [5.74, 6) is -4.40. The number of nitrogens with zero attached hydrogens (tertiary/aromatic N) is 2. The number of carbonyl (C=O) groups is 2. The maximum atomic E-state index is 14.9. The van der Waals surface area contributed by atoms with Crippen molar-refractivity contribution in [2.24, 2.45) is 0 Å². The number of halogens is 3. The summed E-state index contributed by atoms with van der Waals surface area (Å²) in [6.45, 7) is 0. The normalized spacial score (nSPS) is 17.8. The van der Waals surface area contributed by atoms with E-state index in [9.17, 15) is 27.9 Å². The van der Waals surface area contributed by atoms with Crippen LogP contribution in [-0.4, -0.2) is 21.8 Å². The third-order valence-corrected chi connectivity index (χ3v) is 6.32. The second kappa shape index (κ2) is 7.86. The molecule has 1 fully saturated rings. The van der Waals surface area contributed by atoms with E-state index >= 15 is 0 Å². The van der Waals surface area contributed by atoms with Gasteiger partial charge in [0.15, 0.2) is 5.13 Å². The topological polar surface area (TPSA) is 70.5 Å². The van der Waals surface area contributed by atoms with Gasteiger partial charge < -0.3 is 5.11 Å². The molecule has 0 spiro atoms. The Morgan fingerprint density at radius 3 is 2.36 bits per heavy atom. The zero-order valence-electron chi connectivity index (χ0n) is 16.6. The lowest BCUT2D eigenvalue weighted by atomic mass is 9.95. The van der Waals surface area contributed by atoms with E-state index in [1.807, 2.05) is 0 Å². The number of anilines is 1. The number of aliphatic hydroxyl groups excluding tert-OH is 1. The number of aromatic nitrogens is 1. The van der Waals surface area contributed by atoms with E-state index in [2.05, 4.69) is 4.98 Å². The van der Waals surface area contributed by atoms with Crippen LogP contribution in [0.1, 0.15) is 17.2 Å². The van der Waals surface area contributed by atoms with Crippen LogP contribution in [0.2, 0.25) is 0 Å². The van der Waals surface area contributed by atoms with Crippen LogP contribution in [0.25, 0.3) is 16.0 Å². The van der Waals surface area contributed by atoms with Gasteiger partial charge in [0.1, 0.15) is 29.3 Å². The predicted octanol–water partition coefficient (Wildman–Crippen LogP) is 5.34. The first-order chi connectivity index (χ1) is 15.8. The van der Waals surface area contributed by atoms with Gasteiger partial charge >= 0.3 is 5.91 Å². The number of rotatable bonds is 3. The predicted molar refractivity (Wildman–Crippen MR) is 117 cm³/mol. The number of benzene rings is 3. The quantitative estimate of drug-likeness (QED) is 0.251. The lowest BCUT2D eigenvalue weighted by Crippen LogP contribution is -2.29. The zero-order chi connectivity index (χ0) is 23.3. The van der Waals surface area contributed by atoms with Crippen LogP contribution in [0.5, 0.6) is 0 Å². The number of carbonyl (C=O) groups excluding carboxylic acids is 2. The monoisotopic (exact) mass is 466 g/mol. The Balaban J connectivity index is 1.75. The maximum absolute atomic E-state index is 14.9. The van der Waals surface area contributed by atoms with E-state index in [0.29, 0.717) is 10.2 Å². The highest BCUT2D eigenvalue weighted by atomic mass is 32.1. The van der Waals surface area contributed by atoms with Crippen LogP contribution in [0.3, 0.4) is 0 Å². The van der Waals surface area contributed by atoms with Crippen LogP contribution >= 0.6 is 11.3 Å². The molecule has 4 aromatic rings. The van der Waals surface area contributed by atoms with Gasteiger partial charge in [-0.2, -0.15) is 0 Å². The number of hydrogen-bond acceptors (Lipinski definition) is 5. The molecule has 3 aromatic carbocycles. The molecule has 164 valence electrons. The summed E-state index contributed by atoms with van der Waals surface area (Å²) in [7, 11) is 0. The summed E-state index contributed by atoms with van der Waals surface area (Å²) in [4.78, 5) is 31.5. The van der Waals surface area contributed by atoms with Gasteiger partial charge in [-0.15, -0.1) is 0 Å². The van der Waals surface area contributed by atoms with Gasteiger partial charge in [-0.25, -0.2) is 18.2 Å². The first-order valence-electron chi connectivity index (χ1n) is 9.72. The number of hydrogen-bond donors (Lipinski definition) is 1. The molecule has 0 saturated carbocycles. The Morgan fingerprint density at radius 2 is 1.64 bits per heavy atom. The molecule has 1 atom stereocenters. The fourth-order valence-electron chi connectivity index (χ4n) is 3.77. The van der Waals surface area contributed by atoms with Crippen LogP contribution in [0.15, 0.2) is 72.3 Å². The average Bonchev–Trinajstić information content (AvgIpc) is 3.32. The molecule has 33 heavy (non-hydrogen) atoms. The van der Waals surface area contributed by atoms with Crippen LogP contribution in [0, 0.1) is 17.5 Å². The molecule has 0 radical (unpaired) electrons. The Hall–Kier alpha value is -3.98. The van der Waals surface area contributed by atoms with E-state index in [-0.39, 0.29) is 21.8 Å². The first kappa shape index (κ1) is 20.9. The summed E-state index contributed by atoms with van der Waals surface area (Å²) in [6.07, 6.45) is 0. The Bertz CT molecular complexity index is 1460. The molecule has 0 aliphatic carbocycles. The number of Topliss-reactive ketones (excluding diaryl/α,β-unsaturated/α-hetero) is 1.